The number of thioether (sulfide) groups is 1. The summed E-state index contributed by atoms with van der Waals surface area (Å²) in [6.45, 7) is 3.81. The van der Waals surface area contributed by atoms with Crippen LogP contribution in [0.25, 0.3) is 0 Å². The number of benzene rings is 2. The molecule has 2 heterocycles. The smallest absolute Gasteiger partial charge is 0.338 e. The zero-order valence-corrected chi connectivity index (χ0v) is 18.5. The van der Waals surface area contributed by atoms with Crippen LogP contribution in [0.15, 0.2) is 65.0 Å². The van der Waals surface area contributed by atoms with E-state index in [0.717, 1.165) is 11.1 Å². The summed E-state index contributed by atoms with van der Waals surface area (Å²) < 4.78 is 20.4. The molecule has 31 heavy (non-hydrogen) atoms. The van der Waals surface area contributed by atoms with E-state index in [4.69, 9.17) is 16.3 Å². The molecular formula is C22H20ClFN4O2S. The van der Waals surface area contributed by atoms with Crippen LogP contribution >= 0.6 is 23.4 Å². The number of allylic oxidation sites excluding steroid dienone is 1. The molecule has 3 aromatic rings. The Balaban J connectivity index is 1.71. The van der Waals surface area contributed by atoms with Crippen LogP contribution in [0.5, 0.6) is 0 Å². The first-order chi connectivity index (χ1) is 15.0. The lowest BCUT2D eigenvalue weighted by Gasteiger charge is -2.28. The molecule has 0 saturated carbocycles. The Morgan fingerprint density at radius 3 is 2.84 bits per heavy atom. The van der Waals surface area contributed by atoms with E-state index < -0.39 is 12.0 Å². The summed E-state index contributed by atoms with van der Waals surface area (Å²) in [5.41, 5.74) is 2.61. The number of fused-ring (bicyclic) bond motifs is 1. The lowest BCUT2D eigenvalue weighted by atomic mass is 9.96. The molecule has 1 aliphatic heterocycles. The van der Waals surface area contributed by atoms with Gasteiger partial charge in [0.05, 0.1) is 12.2 Å². The van der Waals surface area contributed by atoms with Gasteiger partial charge in [0.15, 0.2) is 0 Å². The van der Waals surface area contributed by atoms with Gasteiger partial charge in [0, 0.05) is 22.0 Å². The minimum Gasteiger partial charge on any atom is -0.463 e. The molecule has 160 valence electrons. The van der Waals surface area contributed by atoms with Crippen molar-refractivity contribution in [3.8, 4) is 0 Å². The highest BCUT2D eigenvalue weighted by molar-refractivity contribution is 7.98. The molecule has 1 aliphatic rings. The molecule has 1 atom stereocenters. The van der Waals surface area contributed by atoms with Gasteiger partial charge in [0.2, 0.25) is 11.1 Å². The zero-order chi connectivity index (χ0) is 22.0. The van der Waals surface area contributed by atoms with E-state index in [1.165, 1.54) is 23.9 Å². The number of hydrogen-bond acceptors (Lipinski definition) is 6. The fraction of sp³-hybridized carbons (Fsp3) is 0.227. The highest BCUT2D eigenvalue weighted by Gasteiger charge is 2.36. The van der Waals surface area contributed by atoms with E-state index >= 15 is 0 Å². The molecule has 0 aliphatic carbocycles. The average Bonchev–Trinajstić information content (AvgIpc) is 3.14. The third-order valence-corrected chi connectivity index (χ3v) is 6.04. The van der Waals surface area contributed by atoms with Crippen LogP contribution in [0, 0.1) is 5.82 Å². The Bertz CT molecular complexity index is 1160. The summed E-state index contributed by atoms with van der Waals surface area (Å²) in [5.74, 6) is 0.286. The Morgan fingerprint density at radius 2 is 2.10 bits per heavy atom. The van der Waals surface area contributed by atoms with Gasteiger partial charge in [0.1, 0.15) is 11.9 Å². The number of halogens is 2. The molecule has 0 fully saturated rings. The molecular weight excluding hydrogens is 439 g/mol. The maximum Gasteiger partial charge on any atom is 0.338 e. The van der Waals surface area contributed by atoms with Crippen molar-refractivity contribution in [1.82, 2.24) is 14.8 Å². The van der Waals surface area contributed by atoms with Gasteiger partial charge >= 0.3 is 5.97 Å². The van der Waals surface area contributed by atoms with E-state index in [9.17, 15) is 9.18 Å². The largest absolute Gasteiger partial charge is 0.463 e. The Kier molecular flexibility index (Phi) is 6.29. The van der Waals surface area contributed by atoms with Crippen LogP contribution in [0.4, 0.5) is 10.3 Å². The Labute approximate surface area is 188 Å². The van der Waals surface area contributed by atoms with Gasteiger partial charge in [-0.15, -0.1) is 5.10 Å². The van der Waals surface area contributed by atoms with Crippen LogP contribution in [0.3, 0.4) is 0 Å². The average molecular weight is 459 g/mol. The summed E-state index contributed by atoms with van der Waals surface area (Å²) in [7, 11) is 0. The predicted molar refractivity (Wildman–Crippen MR) is 119 cm³/mol. The Morgan fingerprint density at radius 1 is 1.29 bits per heavy atom. The summed E-state index contributed by atoms with van der Waals surface area (Å²) in [5, 5.41) is 8.79. The molecule has 1 aromatic heterocycles. The molecule has 4 rings (SSSR count). The van der Waals surface area contributed by atoms with Gasteiger partial charge in [-0.1, -0.05) is 53.7 Å². The van der Waals surface area contributed by atoms with E-state index in [0.29, 0.717) is 33.2 Å². The molecule has 0 saturated heterocycles. The molecule has 0 amide bonds. The van der Waals surface area contributed by atoms with Crippen LogP contribution in [-0.2, 0) is 15.3 Å². The van der Waals surface area contributed by atoms with E-state index in [-0.39, 0.29) is 12.4 Å². The number of esters is 1. The van der Waals surface area contributed by atoms with Crippen LogP contribution in [-0.4, -0.2) is 27.3 Å². The summed E-state index contributed by atoms with van der Waals surface area (Å²) in [6, 6.07) is 13.1. The highest BCUT2D eigenvalue weighted by atomic mass is 35.5. The van der Waals surface area contributed by atoms with Crippen molar-refractivity contribution in [2.45, 2.75) is 30.8 Å². The lowest BCUT2D eigenvalue weighted by molar-refractivity contribution is -0.139. The first-order valence-corrected chi connectivity index (χ1v) is 11.1. The molecule has 1 N–H and O–H groups in total. The minimum absolute atomic E-state index is 0.254. The summed E-state index contributed by atoms with van der Waals surface area (Å²) in [6.07, 6.45) is 0. The standard InChI is InChI=1S/C22H20ClFN4O2S/c1-3-30-20(29)18-13(2)25-21-26-22(31-12-14-7-6-8-15(24)11-14)27-28(21)19(18)16-9-4-5-10-17(16)23/h4-11,19H,3,12H2,1-2H3,(H,25,26,27)/t19-/m1/s1. The van der Waals surface area contributed by atoms with Crippen molar-refractivity contribution in [3.05, 3.63) is 81.8 Å². The number of rotatable bonds is 6. The lowest BCUT2D eigenvalue weighted by Crippen LogP contribution is -2.29. The van der Waals surface area contributed by atoms with Gasteiger partial charge in [0.25, 0.3) is 0 Å². The second kappa shape index (κ2) is 9.11. The van der Waals surface area contributed by atoms with Gasteiger partial charge < -0.3 is 10.1 Å². The van der Waals surface area contributed by atoms with Crippen molar-refractivity contribution in [2.24, 2.45) is 0 Å². The van der Waals surface area contributed by atoms with Gasteiger partial charge in [-0.2, -0.15) is 4.98 Å². The summed E-state index contributed by atoms with van der Waals surface area (Å²) >= 11 is 7.87. The maximum absolute atomic E-state index is 13.5. The molecule has 2 aromatic carbocycles. The molecule has 9 heteroatoms. The van der Waals surface area contributed by atoms with Crippen LogP contribution in [0.1, 0.15) is 31.0 Å². The van der Waals surface area contributed by atoms with Gasteiger partial charge in [-0.05, 0) is 37.6 Å². The van der Waals surface area contributed by atoms with E-state index in [2.05, 4.69) is 15.4 Å². The third kappa shape index (κ3) is 4.45. The number of nitrogens with one attached hydrogen (secondary N) is 1. The van der Waals surface area contributed by atoms with Crippen LogP contribution in [0.2, 0.25) is 5.02 Å². The third-order valence-electron chi connectivity index (χ3n) is 4.79. The van der Waals surface area contributed by atoms with Crippen molar-refractivity contribution in [1.29, 1.82) is 0 Å². The molecule has 0 unspecified atom stereocenters. The summed E-state index contributed by atoms with van der Waals surface area (Å²) in [4.78, 5) is 17.4. The number of ether oxygens (including phenoxy) is 1. The number of anilines is 1. The number of carbonyl (C=O) groups is 1. The maximum atomic E-state index is 13.5. The number of carbonyl (C=O) groups excluding carboxylic acids is 1. The first-order valence-electron chi connectivity index (χ1n) is 9.71. The minimum atomic E-state index is -0.583. The van der Waals surface area contributed by atoms with Crippen molar-refractivity contribution < 1.29 is 13.9 Å². The van der Waals surface area contributed by atoms with Gasteiger partial charge in [-0.25, -0.2) is 13.9 Å². The SMILES string of the molecule is CCOC(=O)C1=C(C)Nc2nc(SCc3cccc(F)c3)nn2[C@@H]1c1ccccc1Cl. The fourth-order valence-corrected chi connectivity index (χ4v) is 4.44. The van der Waals surface area contributed by atoms with E-state index in [1.807, 2.05) is 24.3 Å². The van der Waals surface area contributed by atoms with Crippen molar-refractivity contribution in [3.63, 3.8) is 0 Å². The van der Waals surface area contributed by atoms with Crippen LogP contribution < -0.4 is 5.32 Å². The van der Waals surface area contributed by atoms with E-state index in [1.54, 1.807) is 30.7 Å². The van der Waals surface area contributed by atoms with Crippen molar-refractivity contribution in [2.75, 3.05) is 11.9 Å². The highest BCUT2D eigenvalue weighted by Crippen LogP contribution is 2.39. The zero-order valence-electron chi connectivity index (χ0n) is 16.9. The topological polar surface area (TPSA) is 69.0 Å². The normalized spacial score (nSPS) is 15.4. The molecule has 6 nitrogen and oxygen atoms in total. The number of nitrogens with zero attached hydrogens (tertiary/aromatic N) is 3. The van der Waals surface area contributed by atoms with Crippen molar-refractivity contribution >= 4 is 35.3 Å². The second-order valence-electron chi connectivity index (χ2n) is 6.89. The first kappa shape index (κ1) is 21.4. The Hall–Kier alpha value is -2.84. The molecule has 0 spiro atoms. The number of hydrogen-bond donors (Lipinski definition) is 1. The fourth-order valence-electron chi connectivity index (χ4n) is 3.42. The predicted octanol–water partition coefficient (Wildman–Crippen LogP) is 5.21. The quantitative estimate of drug-likeness (QED) is 0.403. The monoisotopic (exact) mass is 458 g/mol. The second-order valence-corrected chi connectivity index (χ2v) is 8.24. The molecule has 0 bridgehead atoms. The number of aromatic nitrogens is 3. The molecule has 0 radical (unpaired) electrons. The van der Waals surface area contributed by atoms with Gasteiger partial charge in [-0.3, -0.25) is 0 Å².